The number of nitrogens with zero attached hydrogens (tertiary/aromatic N) is 1. The van der Waals surface area contributed by atoms with Crippen molar-refractivity contribution in [2.24, 2.45) is 0 Å². The number of fused-ring (bicyclic) bond motifs is 1. The van der Waals surface area contributed by atoms with Gasteiger partial charge in [-0.1, -0.05) is 19.1 Å². The monoisotopic (exact) mass is 236 g/mol. The van der Waals surface area contributed by atoms with Gasteiger partial charge in [0.25, 0.3) is 0 Å². The molecule has 1 aliphatic rings. The van der Waals surface area contributed by atoms with E-state index in [9.17, 15) is 0 Å². The molecule has 88 valence electrons. The summed E-state index contributed by atoms with van der Waals surface area (Å²) in [4.78, 5) is 2.52. The molecule has 1 aliphatic heterocycles. The third-order valence-electron chi connectivity index (χ3n) is 3.14. The van der Waals surface area contributed by atoms with Crippen LogP contribution in [0.3, 0.4) is 0 Å². The van der Waals surface area contributed by atoms with Gasteiger partial charge in [0.15, 0.2) is 0 Å². The Balaban J connectivity index is 1.97. The maximum Gasteiger partial charge on any atom is 0.0362 e. The van der Waals surface area contributed by atoms with Crippen molar-refractivity contribution in [2.45, 2.75) is 19.9 Å². The van der Waals surface area contributed by atoms with E-state index in [1.807, 2.05) is 17.8 Å². The van der Waals surface area contributed by atoms with E-state index in [1.165, 1.54) is 35.7 Å². The maximum atomic E-state index is 6.03. The van der Waals surface area contributed by atoms with Crippen molar-refractivity contribution < 1.29 is 0 Å². The van der Waals surface area contributed by atoms with Crippen LogP contribution in [0.2, 0.25) is 0 Å². The Morgan fingerprint density at radius 3 is 3.12 bits per heavy atom. The summed E-state index contributed by atoms with van der Waals surface area (Å²) in [5, 5.41) is 0. The fourth-order valence-corrected chi connectivity index (χ4v) is 2.87. The first-order valence-electron chi connectivity index (χ1n) is 5.97. The Hall–Kier alpha value is -0.670. The predicted octanol–water partition coefficient (Wildman–Crippen LogP) is 2.38. The lowest BCUT2D eigenvalue weighted by Gasteiger charge is -2.29. The highest BCUT2D eigenvalue weighted by atomic mass is 32.2. The molecule has 0 atom stereocenters. The molecule has 0 bridgehead atoms. The second kappa shape index (κ2) is 5.60. The van der Waals surface area contributed by atoms with Crippen LogP contribution in [0.4, 0.5) is 5.69 Å². The number of benzene rings is 1. The van der Waals surface area contributed by atoms with E-state index in [0.29, 0.717) is 0 Å². The second-order valence-electron chi connectivity index (χ2n) is 4.21. The van der Waals surface area contributed by atoms with Crippen molar-refractivity contribution in [3.63, 3.8) is 0 Å². The van der Waals surface area contributed by atoms with Gasteiger partial charge in [0.05, 0.1) is 0 Å². The Bertz CT molecular complexity index is 352. The minimum atomic E-state index is 0.963. The van der Waals surface area contributed by atoms with Gasteiger partial charge in [-0.15, -0.1) is 0 Å². The van der Waals surface area contributed by atoms with Crippen molar-refractivity contribution in [2.75, 3.05) is 30.3 Å². The smallest absolute Gasteiger partial charge is 0.0362 e. The zero-order valence-corrected chi connectivity index (χ0v) is 10.7. The van der Waals surface area contributed by atoms with Gasteiger partial charge < -0.3 is 5.73 Å². The fraction of sp³-hybridized carbons (Fsp3) is 0.538. The number of hydrogen-bond acceptors (Lipinski definition) is 3. The van der Waals surface area contributed by atoms with Crippen LogP contribution in [0, 0.1) is 0 Å². The summed E-state index contributed by atoms with van der Waals surface area (Å²) in [5.74, 6) is 2.45. The summed E-state index contributed by atoms with van der Waals surface area (Å²) in [7, 11) is 0. The molecule has 0 aliphatic carbocycles. The summed E-state index contributed by atoms with van der Waals surface area (Å²) in [5.41, 5.74) is 9.79. The lowest BCUT2D eigenvalue weighted by Crippen LogP contribution is -2.32. The molecule has 2 N–H and O–H groups in total. The van der Waals surface area contributed by atoms with Crippen molar-refractivity contribution in [1.82, 2.24) is 4.90 Å². The minimum absolute atomic E-state index is 0.963. The first-order chi connectivity index (χ1) is 7.81. The van der Waals surface area contributed by atoms with E-state index in [-0.39, 0.29) is 0 Å². The quantitative estimate of drug-likeness (QED) is 0.643. The third kappa shape index (κ3) is 2.71. The lowest BCUT2D eigenvalue weighted by molar-refractivity contribution is 0.271. The van der Waals surface area contributed by atoms with Crippen molar-refractivity contribution >= 4 is 17.4 Å². The maximum absolute atomic E-state index is 6.03. The van der Waals surface area contributed by atoms with E-state index < -0.39 is 0 Å². The normalized spacial score (nSPS) is 16.1. The van der Waals surface area contributed by atoms with Gasteiger partial charge in [-0.05, 0) is 29.4 Å². The zero-order chi connectivity index (χ0) is 11.4. The highest BCUT2D eigenvalue weighted by molar-refractivity contribution is 7.99. The summed E-state index contributed by atoms with van der Waals surface area (Å²) in [6, 6.07) is 6.30. The van der Waals surface area contributed by atoms with E-state index in [2.05, 4.69) is 24.0 Å². The largest absolute Gasteiger partial charge is 0.398 e. The van der Waals surface area contributed by atoms with Crippen molar-refractivity contribution in [3.8, 4) is 0 Å². The molecule has 0 fully saturated rings. The average molecular weight is 236 g/mol. The molecule has 0 amide bonds. The molecule has 3 heteroatoms. The molecule has 0 aromatic heterocycles. The third-order valence-corrected chi connectivity index (χ3v) is 4.02. The van der Waals surface area contributed by atoms with E-state index in [0.717, 1.165) is 18.7 Å². The van der Waals surface area contributed by atoms with E-state index >= 15 is 0 Å². The molecule has 1 aromatic carbocycles. The van der Waals surface area contributed by atoms with Crippen molar-refractivity contribution in [3.05, 3.63) is 29.3 Å². The fourth-order valence-electron chi connectivity index (χ4n) is 2.19. The molecule has 0 radical (unpaired) electrons. The number of anilines is 1. The summed E-state index contributed by atoms with van der Waals surface area (Å²) >= 11 is 2.01. The number of nitrogens with two attached hydrogens (primary N) is 1. The molecular formula is C13H20N2S. The van der Waals surface area contributed by atoms with Crippen LogP contribution >= 0.6 is 11.8 Å². The molecule has 0 unspecified atom stereocenters. The zero-order valence-electron chi connectivity index (χ0n) is 9.91. The standard InChI is InChI=1S/C13H20N2S/c1-2-16-9-8-15-7-6-11-4-3-5-13(14)12(11)10-15/h3-5H,2,6-10,14H2,1H3. The van der Waals surface area contributed by atoms with Crippen LogP contribution in [-0.4, -0.2) is 29.5 Å². The number of thioether (sulfide) groups is 1. The molecule has 2 rings (SSSR count). The van der Waals surface area contributed by atoms with Gasteiger partial charge in [0.2, 0.25) is 0 Å². The molecule has 0 saturated heterocycles. The van der Waals surface area contributed by atoms with Crippen LogP contribution < -0.4 is 5.73 Å². The summed E-state index contributed by atoms with van der Waals surface area (Å²) in [6.45, 7) is 5.62. The second-order valence-corrected chi connectivity index (χ2v) is 5.60. The van der Waals surface area contributed by atoms with Crippen molar-refractivity contribution in [1.29, 1.82) is 0 Å². The van der Waals surface area contributed by atoms with Gasteiger partial charge in [0, 0.05) is 31.1 Å². The molecule has 16 heavy (non-hydrogen) atoms. The van der Waals surface area contributed by atoms with Crippen LogP contribution in [0.15, 0.2) is 18.2 Å². The summed E-state index contributed by atoms with van der Waals surface area (Å²) < 4.78 is 0. The topological polar surface area (TPSA) is 29.3 Å². The van der Waals surface area contributed by atoms with Crippen LogP contribution in [0.25, 0.3) is 0 Å². The molecule has 0 spiro atoms. The first kappa shape index (κ1) is 11.8. The predicted molar refractivity (Wildman–Crippen MR) is 72.8 cm³/mol. The highest BCUT2D eigenvalue weighted by Crippen LogP contribution is 2.24. The van der Waals surface area contributed by atoms with Gasteiger partial charge in [-0.2, -0.15) is 11.8 Å². The minimum Gasteiger partial charge on any atom is -0.398 e. The Morgan fingerprint density at radius 1 is 1.44 bits per heavy atom. The Labute approximate surface area is 102 Å². The van der Waals surface area contributed by atoms with Crippen LogP contribution in [0.5, 0.6) is 0 Å². The molecule has 1 aromatic rings. The number of rotatable bonds is 4. The van der Waals surface area contributed by atoms with Gasteiger partial charge in [-0.3, -0.25) is 4.90 Å². The molecule has 0 saturated carbocycles. The molecule has 2 nitrogen and oxygen atoms in total. The Kier molecular flexibility index (Phi) is 4.13. The van der Waals surface area contributed by atoms with Gasteiger partial charge in [0.1, 0.15) is 0 Å². The number of hydrogen-bond donors (Lipinski definition) is 1. The SMILES string of the molecule is CCSCCN1CCc2cccc(N)c2C1. The molecular weight excluding hydrogens is 216 g/mol. The lowest BCUT2D eigenvalue weighted by atomic mass is 9.98. The highest BCUT2D eigenvalue weighted by Gasteiger charge is 2.17. The van der Waals surface area contributed by atoms with Crippen LogP contribution in [-0.2, 0) is 13.0 Å². The van der Waals surface area contributed by atoms with Gasteiger partial charge >= 0.3 is 0 Å². The summed E-state index contributed by atoms with van der Waals surface area (Å²) in [6.07, 6.45) is 1.15. The Morgan fingerprint density at radius 2 is 2.31 bits per heavy atom. The van der Waals surface area contributed by atoms with Crippen LogP contribution in [0.1, 0.15) is 18.1 Å². The number of nitrogen functional groups attached to an aromatic ring is 1. The van der Waals surface area contributed by atoms with E-state index in [1.54, 1.807) is 0 Å². The van der Waals surface area contributed by atoms with Gasteiger partial charge in [-0.25, -0.2) is 0 Å². The van der Waals surface area contributed by atoms with E-state index in [4.69, 9.17) is 5.73 Å². The average Bonchev–Trinajstić information content (AvgIpc) is 2.30. The molecule has 1 heterocycles. The first-order valence-corrected chi connectivity index (χ1v) is 7.13.